The summed E-state index contributed by atoms with van der Waals surface area (Å²) in [5.74, 6) is 0.590. The molecule has 1 fully saturated rings. The van der Waals surface area contributed by atoms with Crippen molar-refractivity contribution in [1.29, 1.82) is 5.26 Å². The van der Waals surface area contributed by atoms with Crippen LogP contribution in [-0.4, -0.2) is 59.0 Å². The Labute approximate surface area is 251 Å². The van der Waals surface area contributed by atoms with Crippen molar-refractivity contribution >= 4 is 32.8 Å². The van der Waals surface area contributed by atoms with Crippen molar-refractivity contribution in [1.82, 2.24) is 24.4 Å². The number of benzene rings is 1. The Morgan fingerprint density at radius 2 is 1.77 bits per heavy atom. The Balaban J connectivity index is 1.45. The lowest BCUT2D eigenvalue weighted by atomic mass is 9.91. The number of hydrogen-bond acceptors (Lipinski definition) is 9. The fraction of sp³-hybridized carbons (Fsp3) is 0.387. The van der Waals surface area contributed by atoms with Gasteiger partial charge in [-0.1, -0.05) is 12.1 Å². The molecule has 0 unspecified atom stereocenters. The van der Waals surface area contributed by atoms with Gasteiger partial charge in [-0.2, -0.15) is 10.2 Å². The maximum absolute atomic E-state index is 13.9. The standard InChI is InChI=1S/C31H36N8O3S/c1-19(2)39-29-22(18-33-31(36-29)35-23-10-12-24(13-11-23)38(4)5)16-26(30(39)40)25-14-15-28(34-20(25)3)37-43(41,42)27-9-7-6-8-21(27)17-32/h6-9,14-16,18-19,23-24H,10-13H2,1-5H3,(H,34,37)(H,33,35,36). The van der Waals surface area contributed by atoms with Crippen LogP contribution in [0.5, 0.6) is 0 Å². The van der Waals surface area contributed by atoms with E-state index in [1.165, 1.54) is 18.2 Å². The molecular weight excluding hydrogens is 564 g/mol. The molecular formula is C31H36N8O3S. The van der Waals surface area contributed by atoms with Gasteiger partial charge >= 0.3 is 0 Å². The van der Waals surface area contributed by atoms with Crippen molar-refractivity contribution in [2.75, 3.05) is 24.1 Å². The highest BCUT2D eigenvalue weighted by Gasteiger charge is 2.24. The SMILES string of the molecule is Cc1nc(NS(=O)(=O)c2ccccc2C#N)ccc1-c1cc2cnc(NC3CCC(N(C)C)CC3)nc2n(C(C)C)c1=O. The predicted octanol–water partition coefficient (Wildman–Crippen LogP) is 4.70. The molecule has 0 radical (unpaired) electrons. The highest BCUT2D eigenvalue weighted by atomic mass is 32.2. The van der Waals surface area contributed by atoms with Crippen LogP contribution in [0, 0.1) is 18.3 Å². The van der Waals surface area contributed by atoms with E-state index in [0.717, 1.165) is 25.7 Å². The van der Waals surface area contributed by atoms with Gasteiger partial charge in [0, 0.05) is 46.5 Å². The van der Waals surface area contributed by atoms with Crippen LogP contribution in [0.2, 0.25) is 0 Å². The summed E-state index contributed by atoms with van der Waals surface area (Å²) in [5, 5.41) is 13.5. The molecule has 43 heavy (non-hydrogen) atoms. The number of sulfonamides is 1. The van der Waals surface area contributed by atoms with E-state index in [4.69, 9.17) is 4.98 Å². The third kappa shape index (κ3) is 6.23. The summed E-state index contributed by atoms with van der Waals surface area (Å²) in [4.78, 5) is 29.8. The van der Waals surface area contributed by atoms with Crippen LogP contribution in [0.25, 0.3) is 22.2 Å². The van der Waals surface area contributed by atoms with E-state index in [-0.39, 0.29) is 33.9 Å². The number of fused-ring (bicyclic) bond motifs is 1. The van der Waals surface area contributed by atoms with Crippen LogP contribution in [0.1, 0.15) is 56.8 Å². The summed E-state index contributed by atoms with van der Waals surface area (Å²) >= 11 is 0. The lowest BCUT2D eigenvalue weighted by Gasteiger charge is -2.33. The second kappa shape index (κ2) is 12.1. The number of pyridine rings is 2. The van der Waals surface area contributed by atoms with E-state index >= 15 is 0 Å². The van der Waals surface area contributed by atoms with Gasteiger partial charge in [0.05, 0.1) is 5.56 Å². The number of nitrogens with zero attached hydrogens (tertiary/aromatic N) is 6. The summed E-state index contributed by atoms with van der Waals surface area (Å²) in [6.45, 7) is 5.59. The largest absolute Gasteiger partial charge is 0.351 e. The fourth-order valence-electron chi connectivity index (χ4n) is 5.67. The maximum atomic E-state index is 13.9. The molecule has 2 N–H and O–H groups in total. The summed E-state index contributed by atoms with van der Waals surface area (Å²) < 4.78 is 30.1. The first-order chi connectivity index (χ1) is 20.5. The van der Waals surface area contributed by atoms with Crippen molar-refractivity contribution in [2.24, 2.45) is 0 Å². The second-order valence-corrected chi connectivity index (χ2v) is 13.1. The molecule has 0 saturated heterocycles. The lowest BCUT2D eigenvalue weighted by Crippen LogP contribution is -2.36. The molecule has 3 heterocycles. The summed E-state index contributed by atoms with van der Waals surface area (Å²) in [7, 11) is 0.189. The van der Waals surface area contributed by atoms with E-state index in [9.17, 15) is 18.5 Å². The van der Waals surface area contributed by atoms with Crippen LogP contribution in [-0.2, 0) is 10.0 Å². The van der Waals surface area contributed by atoms with Crippen molar-refractivity contribution < 1.29 is 8.42 Å². The zero-order valence-corrected chi connectivity index (χ0v) is 25.8. The minimum atomic E-state index is -4.05. The van der Waals surface area contributed by atoms with Gasteiger partial charge in [0.1, 0.15) is 22.4 Å². The average Bonchev–Trinajstić information content (AvgIpc) is 2.97. The molecule has 224 valence electrons. The molecule has 12 heteroatoms. The Bertz CT molecular complexity index is 1870. The second-order valence-electron chi connectivity index (χ2n) is 11.5. The predicted molar refractivity (Wildman–Crippen MR) is 167 cm³/mol. The minimum absolute atomic E-state index is 0.0334. The van der Waals surface area contributed by atoms with Gasteiger partial charge in [-0.15, -0.1) is 0 Å². The maximum Gasteiger partial charge on any atom is 0.264 e. The van der Waals surface area contributed by atoms with Crippen molar-refractivity contribution in [3.63, 3.8) is 0 Å². The molecule has 1 saturated carbocycles. The Morgan fingerprint density at radius 1 is 1.05 bits per heavy atom. The van der Waals surface area contributed by atoms with Gasteiger partial charge in [-0.25, -0.2) is 18.4 Å². The summed E-state index contributed by atoms with van der Waals surface area (Å²) in [6, 6.07) is 13.5. The smallest absolute Gasteiger partial charge is 0.264 e. The van der Waals surface area contributed by atoms with Gasteiger partial charge in [0.25, 0.3) is 15.6 Å². The van der Waals surface area contributed by atoms with Gasteiger partial charge in [-0.05, 0) is 90.9 Å². The fourth-order valence-corrected chi connectivity index (χ4v) is 6.83. The minimum Gasteiger partial charge on any atom is -0.351 e. The van der Waals surface area contributed by atoms with Gasteiger partial charge < -0.3 is 10.2 Å². The molecule has 0 aliphatic heterocycles. The first-order valence-corrected chi connectivity index (χ1v) is 15.8. The molecule has 4 aromatic rings. The molecule has 1 aliphatic rings. The van der Waals surface area contributed by atoms with Gasteiger partial charge in [0.2, 0.25) is 5.95 Å². The van der Waals surface area contributed by atoms with Crippen LogP contribution in [0.4, 0.5) is 11.8 Å². The van der Waals surface area contributed by atoms with Gasteiger partial charge in [0.15, 0.2) is 0 Å². The highest BCUT2D eigenvalue weighted by Crippen LogP contribution is 2.28. The molecule has 3 aromatic heterocycles. The molecule has 11 nitrogen and oxygen atoms in total. The Morgan fingerprint density at radius 3 is 2.42 bits per heavy atom. The topological polar surface area (TPSA) is 146 Å². The number of anilines is 2. The van der Waals surface area contributed by atoms with E-state index < -0.39 is 10.0 Å². The van der Waals surface area contributed by atoms with E-state index in [2.05, 4.69) is 39.0 Å². The number of hydrogen-bond donors (Lipinski definition) is 2. The van der Waals surface area contributed by atoms with Crippen LogP contribution < -0.4 is 15.6 Å². The van der Waals surface area contributed by atoms with Gasteiger partial charge in [-0.3, -0.25) is 14.1 Å². The lowest BCUT2D eigenvalue weighted by molar-refractivity contribution is 0.221. The zero-order chi connectivity index (χ0) is 30.9. The number of nitrogens with one attached hydrogen (secondary N) is 2. The zero-order valence-electron chi connectivity index (χ0n) is 25.0. The quantitative estimate of drug-likeness (QED) is 0.294. The molecule has 5 rings (SSSR count). The summed E-state index contributed by atoms with van der Waals surface area (Å²) in [5.41, 5.74) is 1.82. The number of aryl methyl sites for hydroxylation is 1. The van der Waals surface area contributed by atoms with Crippen molar-refractivity contribution in [3.8, 4) is 17.2 Å². The van der Waals surface area contributed by atoms with Crippen molar-refractivity contribution in [3.05, 3.63) is 70.3 Å². The third-order valence-electron chi connectivity index (χ3n) is 7.96. The molecule has 0 bridgehead atoms. The van der Waals surface area contributed by atoms with E-state index in [0.29, 0.717) is 39.8 Å². The monoisotopic (exact) mass is 600 g/mol. The highest BCUT2D eigenvalue weighted by molar-refractivity contribution is 7.92. The van der Waals surface area contributed by atoms with Crippen LogP contribution in [0.15, 0.2) is 58.4 Å². The molecule has 1 aromatic carbocycles. The molecule has 0 spiro atoms. The number of nitriles is 1. The number of rotatable bonds is 8. The van der Waals surface area contributed by atoms with Crippen molar-refractivity contribution in [2.45, 2.75) is 69.5 Å². The first-order valence-electron chi connectivity index (χ1n) is 14.3. The molecule has 0 atom stereocenters. The van der Waals surface area contributed by atoms with Crippen LogP contribution in [0.3, 0.4) is 0 Å². The normalized spacial score (nSPS) is 17.3. The van der Waals surface area contributed by atoms with E-state index in [1.807, 2.05) is 19.9 Å². The Hall–Kier alpha value is -4.34. The molecule has 0 amide bonds. The Kier molecular flexibility index (Phi) is 8.48. The van der Waals surface area contributed by atoms with Crippen LogP contribution >= 0.6 is 0 Å². The third-order valence-corrected chi connectivity index (χ3v) is 9.37. The van der Waals surface area contributed by atoms with E-state index in [1.54, 1.807) is 42.0 Å². The number of aromatic nitrogens is 4. The summed E-state index contributed by atoms with van der Waals surface area (Å²) in [6.07, 6.45) is 6.01. The molecule has 1 aliphatic carbocycles. The first kappa shape index (κ1) is 30.1. The average molecular weight is 601 g/mol.